The molecule has 0 bridgehead atoms. The van der Waals surface area contributed by atoms with E-state index < -0.39 is 6.04 Å². The van der Waals surface area contributed by atoms with E-state index in [0.717, 1.165) is 13.0 Å². The van der Waals surface area contributed by atoms with Crippen LogP contribution < -0.4 is 11.1 Å². The number of unbranched alkanes of at least 4 members (excludes halogenated alkanes) is 2. The van der Waals surface area contributed by atoms with Crippen molar-refractivity contribution in [3.8, 4) is 0 Å². The molecule has 0 aromatic carbocycles. The molecule has 0 spiro atoms. The fourth-order valence-electron chi connectivity index (χ4n) is 2.54. The molecule has 0 unspecified atom stereocenters. The minimum Gasteiger partial charge on any atom is -0.355 e. The predicted octanol–water partition coefficient (Wildman–Crippen LogP) is 2.13. The van der Waals surface area contributed by atoms with Gasteiger partial charge in [-0.1, -0.05) is 33.6 Å². The molecule has 1 aliphatic rings. The molecule has 1 amide bonds. The second kappa shape index (κ2) is 8.63. The quantitative estimate of drug-likeness (QED) is 0.704. The number of likely N-dealkylation sites (tertiary alicyclic amines) is 1. The lowest BCUT2D eigenvalue weighted by Gasteiger charge is -2.26. The zero-order valence-electron chi connectivity index (χ0n) is 13.6. The molecule has 118 valence electrons. The average molecular weight is 283 g/mol. The third-order valence-corrected chi connectivity index (χ3v) is 4.11. The highest BCUT2D eigenvalue weighted by molar-refractivity contribution is 5.82. The van der Waals surface area contributed by atoms with Gasteiger partial charge in [0.2, 0.25) is 5.91 Å². The normalized spacial score (nSPS) is 18.8. The van der Waals surface area contributed by atoms with Crippen molar-refractivity contribution in [3.05, 3.63) is 0 Å². The Morgan fingerprint density at radius 3 is 2.40 bits per heavy atom. The van der Waals surface area contributed by atoms with Crippen LogP contribution >= 0.6 is 0 Å². The highest BCUT2D eigenvalue weighted by Crippen LogP contribution is 2.17. The van der Waals surface area contributed by atoms with Crippen molar-refractivity contribution in [1.82, 2.24) is 10.2 Å². The first-order valence-electron chi connectivity index (χ1n) is 8.17. The van der Waals surface area contributed by atoms with E-state index in [1.54, 1.807) is 0 Å². The Balaban J connectivity index is 2.00. The van der Waals surface area contributed by atoms with Crippen LogP contribution in [0.15, 0.2) is 0 Å². The summed E-state index contributed by atoms with van der Waals surface area (Å²) in [7, 11) is 0. The van der Waals surface area contributed by atoms with Gasteiger partial charge in [0.15, 0.2) is 0 Å². The standard InChI is InChI=1S/C16H33N3O/c1-16(2,3)14(17)15(20)18-10-6-4-7-11-19-12-8-5-9-13-19/h14H,4-13,17H2,1-3H3,(H,18,20)/t14-/m1/s1. The number of amides is 1. The van der Waals surface area contributed by atoms with Crippen molar-refractivity contribution >= 4 is 5.91 Å². The van der Waals surface area contributed by atoms with Gasteiger partial charge in [0, 0.05) is 6.54 Å². The van der Waals surface area contributed by atoms with E-state index in [0.29, 0.717) is 0 Å². The first kappa shape index (κ1) is 17.4. The largest absolute Gasteiger partial charge is 0.355 e. The van der Waals surface area contributed by atoms with Crippen LogP contribution in [-0.4, -0.2) is 43.0 Å². The number of hydrogen-bond acceptors (Lipinski definition) is 3. The summed E-state index contributed by atoms with van der Waals surface area (Å²) in [6, 6.07) is -0.421. The molecule has 0 saturated carbocycles. The lowest BCUT2D eigenvalue weighted by Crippen LogP contribution is -2.48. The molecule has 4 heteroatoms. The van der Waals surface area contributed by atoms with Gasteiger partial charge in [-0.2, -0.15) is 0 Å². The number of nitrogens with two attached hydrogens (primary N) is 1. The third-order valence-electron chi connectivity index (χ3n) is 4.11. The van der Waals surface area contributed by atoms with Gasteiger partial charge < -0.3 is 16.0 Å². The monoisotopic (exact) mass is 283 g/mol. The maximum atomic E-state index is 11.8. The Bertz CT molecular complexity index is 280. The summed E-state index contributed by atoms with van der Waals surface area (Å²) in [5.41, 5.74) is 5.75. The fourth-order valence-corrected chi connectivity index (χ4v) is 2.54. The van der Waals surface area contributed by atoms with Gasteiger partial charge in [-0.25, -0.2) is 0 Å². The molecule has 20 heavy (non-hydrogen) atoms. The zero-order valence-corrected chi connectivity index (χ0v) is 13.6. The molecular formula is C16H33N3O. The molecule has 0 aromatic heterocycles. The molecule has 0 aromatic rings. The first-order valence-corrected chi connectivity index (χ1v) is 8.17. The molecule has 1 fully saturated rings. The maximum absolute atomic E-state index is 11.8. The van der Waals surface area contributed by atoms with Gasteiger partial charge in [-0.15, -0.1) is 0 Å². The van der Waals surface area contributed by atoms with Gasteiger partial charge in [0.25, 0.3) is 0 Å². The summed E-state index contributed by atoms with van der Waals surface area (Å²) in [5.74, 6) is -0.0199. The fraction of sp³-hybridized carbons (Fsp3) is 0.938. The molecule has 1 aliphatic heterocycles. The van der Waals surface area contributed by atoms with E-state index in [1.165, 1.54) is 51.7 Å². The zero-order chi connectivity index (χ0) is 15.0. The molecule has 3 N–H and O–H groups in total. The highest BCUT2D eigenvalue weighted by atomic mass is 16.2. The van der Waals surface area contributed by atoms with Gasteiger partial charge in [-0.05, 0) is 50.7 Å². The van der Waals surface area contributed by atoms with Crippen LogP contribution in [0.2, 0.25) is 0 Å². The summed E-state index contributed by atoms with van der Waals surface area (Å²) < 4.78 is 0. The number of rotatable bonds is 7. The summed E-state index contributed by atoms with van der Waals surface area (Å²) in [6.07, 6.45) is 7.59. The van der Waals surface area contributed by atoms with Crippen LogP contribution in [0.25, 0.3) is 0 Å². The van der Waals surface area contributed by atoms with Gasteiger partial charge in [-0.3, -0.25) is 4.79 Å². The van der Waals surface area contributed by atoms with E-state index in [2.05, 4.69) is 10.2 Å². The molecule has 0 aliphatic carbocycles. The molecule has 1 heterocycles. The van der Waals surface area contributed by atoms with E-state index in [4.69, 9.17) is 5.73 Å². The lowest BCUT2D eigenvalue weighted by molar-refractivity contribution is -0.124. The molecule has 1 rings (SSSR count). The van der Waals surface area contributed by atoms with Crippen LogP contribution in [-0.2, 0) is 4.79 Å². The Labute approximate surface area is 124 Å². The number of carbonyl (C=O) groups excluding carboxylic acids is 1. The van der Waals surface area contributed by atoms with Gasteiger partial charge >= 0.3 is 0 Å². The van der Waals surface area contributed by atoms with E-state index in [-0.39, 0.29) is 11.3 Å². The number of nitrogens with one attached hydrogen (secondary N) is 1. The topological polar surface area (TPSA) is 58.4 Å². The van der Waals surface area contributed by atoms with Crippen LogP contribution in [0.1, 0.15) is 59.3 Å². The molecule has 1 saturated heterocycles. The van der Waals surface area contributed by atoms with Crippen LogP contribution in [0.5, 0.6) is 0 Å². The molecule has 1 atom stereocenters. The van der Waals surface area contributed by atoms with Crippen molar-refractivity contribution in [1.29, 1.82) is 0 Å². The van der Waals surface area contributed by atoms with Crippen molar-refractivity contribution in [2.45, 2.75) is 65.3 Å². The minimum atomic E-state index is -0.421. The lowest BCUT2D eigenvalue weighted by atomic mass is 9.87. The van der Waals surface area contributed by atoms with E-state index in [1.807, 2.05) is 20.8 Å². The van der Waals surface area contributed by atoms with Crippen molar-refractivity contribution in [2.24, 2.45) is 11.1 Å². The Hall–Kier alpha value is -0.610. The van der Waals surface area contributed by atoms with Gasteiger partial charge in [0.05, 0.1) is 6.04 Å². The Kier molecular flexibility index (Phi) is 7.52. The van der Waals surface area contributed by atoms with Gasteiger partial charge in [0.1, 0.15) is 0 Å². The maximum Gasteiger partial charge on any atom is 0.237 e. The number of hydrogen-bond donors (Lipinski definition) is 2. The second-order valence-corrected chi connectivity index (χ2v) is 7.10. The van der Waals surface area contributed by atoms with Crippen LogP contribution in [0.3, 0.4) is 0 Å². The second-order valence-electron chi connectivity index (χ2n) is 7.10. The number of carbonyl (C=O) groups is 1. The van der Waals surface area contributed by atoms with Crippen molar-refractivity contribution in [2.75, 3.05) is 26.2 Å². The number of piperidine rings is 1. The van der Waals surface area contributed by atoms with Crippen LogP contribution in [0.4, 0.5) is 0 Å². The Morgan fingerprint density at radius 1 is 1.15 bits per heavy atom. The molecule has 4 nitrogen and oxygen atoms in total. The van der Waals surface area contributed by atoms with E-state index in [9.17, 15) is 4.79 Å². The summed E-state index contributed by atoms with van der Waals surface area (Å²) in [5, 5.41) is 2.95. The summed E-state index contributed by atoms with van der Waals surface area (Å²) in [6.45, 7) is 10.5. The summed E-state index contributed by atoms with van der Waals surface area (Å²) in [4.78, 5) is 14.4. The van der Waals surface area contributed by atoms with Crippen LogP contribution in [0, 0.1) is 5.41 Å². The summed E-state index contributed by atoms with van der Waals surface area (Å²) >= 11 is 0. The van der Waals surface area contributed by atoms with Crippen molar-refractivity contribution in [3.63, 3.8) is 0 Å². The Morgan fingerprint density at radius 2 is 1.80 bits per heavy atom. The third kappa shape index (κ3) is 6.71. The van der Waals surface area contributed by atoms with Crippen molar-refractivity contribution < 1.29 is 4.79 Å². The smallest absolute Gasteiger partial charge is 0.237 e. The molecule has 0 radical (unpaired) electrons. The highest BCUT2D eigenvalue weighted by Gasteiger charge is 2.26. The minimum absolute atomic E-state index is 0.0199. The predicted molar refractivity (Wildman–Crippen MR) is 84.6 cm³/mol. The number of nitrogens with zero attached hydrogens (tertiary/aromatic N) is 1. The average Bonchev–Trinajstić information content (AvgIpc) is 2.41. The van der Waals surface area contributed by atoms with E-state index >= 15 is 0 Å². The molecular weight excluding hydrogens is 250 g/mol. The first-order chi connectivity index (χ1) is 9.41. The SMILES string of the molecule is CC(C)(C)[C@H](N)C(=O)NCCCCCN1CCCCC1.